The van der Waals surface area contributed by atoms with Crippen molar-refractivity contribution in [1.29, 1.82) is 0 Å². The fourth-order valence-corrected chi connectivity index (χ4v) is 7.17. The molecule has 0 unspecified atom stereocenters. The number of H-pyrrole nitrogens is 1. The second-order valence-corrected chi connectivity index (χ2v) is 12.4. The Labute approximate surface area is 285 Å². The van der Waals surface area contributed by atoms with E-state index in [1.807, 2.05) is 6.21 Å². The summed E-state index contributed by atoms with van der Waals surface area (Å²) >= 11 is 0. The Morgan fingerprint density at radius 2 is 0.918 bits per heavy atom. The van der Waals surface area contributed by atoms with Crippen molar-refractivity contribution in [2.45, 2.75) is 0 Å². The van der Waals surface area contributed by atoms with Crippen molar-refractivity contribution in [2.75, 3.05) is 0 Å². The number of fused-ring (bicyclic) bond motifs is 8. The molecule has 2 aliphatic rings. The van der Waals surface area contributed by atoms with E-state index in [4.69, 9.17) is 9.98 Å². The summed E-state index contributed by atoms with van der Waals surface area (Å²) in [6.45, 7) is 0. The summed E-state index contributed by atoms with van der Waals surface area (Å²) in [6.07, 6.45) is 6.33. The van der Waals surface area contributed by atoms with E-state index in [0.29, 0.717) is 0 Å². The molecule has 1 N–H and O–H groups in total. The van der Waals surface area contributed by atoms with Crippen LogP contribution in [0.5, 0.6) is 0 Å². The lowest BCUT2D eigenvalue weighted by atomic mass is 10.0. The summed E-state index contributed by atoms with van der Waals surface area (Å²) in [5.41, 5.74) is 16.8. The Kier molecular flexibility index (Phi) is 6.98. The number of aryl methyl sites for hydroxylation is 1. The van der Waals surface area contributed by atoms with E-state index in [2.05, 4.69) is 180 Å². The molecule has 0 spiro atoms. The quantitative estimate of drug-likeness (QED) is 0.207. The Bertz CT molecular complexity index is 2400. The molecule has 3 aromatic heterocycles. The summed E-state index contributed by atoms with van der Waals surface area (Å²) in [5.74, 6) is 0. The van der Waals surface area contributed by atoms with Gasteiger partial charge >= 0.3 is 0 Å². The standard InChI is InChI=1S/C45H32N4/c1-49-40-26-27-41(49)45(33-20-12-5-13-21-33)38-25-24-36(48-38)43(31-16-8-3-9-17-31)35-22-23-37(47-35)44(32-18-10-4-11-19-32)39-28-34(29-46-39)42(40)30-14-6-2-7-15-30/h2-29,47H,1H3. The highest BCUT2D eigenvalue weighted by Gasteiger charge is 2.19. The number of aliphatic imine (C=N–C) groups is 1. The van der Waals surface area contributed by atoms with Crippen LogP contribution >= 0.6 is 0 Å². The fourth-order valence-electron chi connectivity index (χ4n) is 7.17. The van der Waals surface area contributed by atoms with Crippen LogP contribution in [0.4, 0.5) is 5.69 Å². The van der Waals surface area contributed by atoms with Gasteiger partial charge in [-0.05, 0) is 64.7 Å². The van der Waals surface area contributed by atoms with E-state index in [0.717, 1.165) is 89.2 Å². The van der Waals surface area contributed by atoms with Gasteiger partial charge in [0.15, 0.2) is 0 Å². The Balaban J connectivity index is 1.51. The molecule has 232 valence electrons. The average Bonchev–Trinajstić information content (AvgIpc) is 3.98. The molecule has 0 aliphatic carbocycles. The van der Waals surface area contributed by atoms with Crippen molar-refractivity contribution < 1.29 is 0 Å². The number of nitrogens with zero attached hydrogens (tertiary/aromatic N) is 3. The van der Waals surface area contributed by atoms with E-state index in [-0.39, 0.29) is 0 Å². The van der Waals surface area contributed by atoms with Crippen LogP contribution in [0, 0.1) is 0 Å². The third-order valence-electron chi connectivity index (χ3n) is 9.44. The van der Waals surface area contributed by atoms with E-state index < -0.39 is 0 Å². The number of nitrogens with one attached hydrogen (secondary N) is 1. The van der Waals surface area contributed by atoms with Crippen LogP contribution in [0.1, 0.15) is 17.0 Å². The van der Waals surface area contributed by atoms with Crippen molar-refractivity contribution in [3.05, 3.63) is 169 Å². The highest BCUT2D eigenvalue weighted by atomic mass is 14.9. The zero-order chi connectivity index (χ0) is 32.7. The lowest BCUT2D eigenvalue weighted by Gasteiger charge is -2.10. The molecule has 49 heavy (non-hydrogen) atoms. The lowest BCUT2D eigenvalue weighted by molar-refractivity contribution is 1.01. The molecule has 0 amide bonds. The maximum absolute atomic E-state index is 5.40. The van der Waals surface area contributed by atoms with E-state index in [1.165, 1.54) is 0 Å². The van der Waals surface area contributed by atoms with Gasteiger partial charge in [-0.25, -0.2) is 4.98 Å². The van der Waals surface area contributed by atoms with Gasteiger partial charge in [0, 0.05) is 57.6 Å². The minimum absolute atomic E-state index is 0.913. The molecule has 9 rings (SSSR count). The first kappa shape index (κ1) is 28.7. The number of benzene rings is 4. The molecular formula is C45H32N4. The molecule has 4 heteroatoms. The zero-order valence-corrected chi connectivity index (χ0v) is 27.0. The summed E-state index contributed by atoms with van der Waals surface area (Å²) in [6, 6.07) is 53.3. The maximum atomic E-state index is 5.40. The van der Waals surface area contributed by atoms with Crippen molar-refractivity contribution in [3.63, 3.8) is 0 Å². The van der Waals surface area contributed by atoms with Gasteiger partial charge in [0.05, 0.1) is 22.6 Å². The van der Waals surface area contributed by atoms with Gasteiger partial charge in [0.1, 0.15) is 0 Å². The number of rotatable bonds is 4. The molecule has 0 saturated heterocycles. The lowest BCUT2D eigenvalue weighted by Crippen LogP contribution is -1.94. The third kappa shape index (κ3) is 5.02. The third-order valence-corrected chi connectivity index (χ3v) is 9.44. The number of aromatic amines is 1. The predicted molar refractivity (Wildman–Crippen MR) is 206 cm³/mol. The van der Waals surface area contributed by atoms with Crippen LogP contribution in [0.2, 0.25) is 0 Å². The van der Waals surface area contributed by atoms with Gasteiger partial charge in [-0.15, -0.1) is 0 Å². The van der Waals surface area contributed by atoms with Gasteiger partial charge in [-0.1, -0.05) is 121 Å². The van der Waals surface area contributed by atoms with Crippen LogP contribution in [0.15, 0.2) is 157 Å². The highest BCUT2D eigenvalue weighted by Crippen LogP contribution is 2.40. The number of hydrogen-bond acceptors (Lipinski definition) is 2. The van der Waals surface area contributed by atoms with Gasteiger partial charge in [0.25, 0.3) is 0 Å². The number of aromatic nitrogens is 3. The minimum Gasteiger partial charge on any atom is -0.354 e. The highest BCUT2D eigenvalue weighted by molar-refractivity contribution is 6.05. The van der Waals surface area contributed by atoms with Crippen LogP contribution in [0.3, 0.4) is 0 Å². The zero-order valence-electron chi connectivity index (χ0n) is 27.0. The Morgan fingerprint density at radius 3 is 1.49 bits per heavy atom. The van der Waals surface area contributed by atoms with Crippen LogP contribution < -0.4 is 0 Å². The first-order valence-electron chi connectivity index (χ1n) is 16.6. The first-order valence-corrected chi connectivity index (χ1v) is 16.6. The monoisotopic (exact) mass is 628 g/mol. The minimum atomic E-state index is 0.913. The summed E-state index contributed by atoms with van der Waals surface area (Å²) in [4.78, 5) is 14.3. The number of hydrogen-bond donors (Lipinski definition) is 1. The Hall–Kier alpha value is -6.52. The summed E-state index contributed by atoms with van der Waals surface area (Å²) in [5, 5.41) is 0. The topological polar surface area (TPSA) is 46.0 Å². The molecule has 7 aromatic rings. The molecule has 5 heterocycles. The molecule has 0 radical (unpaired) electrons. The van der Waals surface area contributed by atoms with Crippen LogP contribution in [-0.2, 0) is 7.05 Å². The molecule has 2 aliphatic heterocycles. The molecule has 0 fully saturated rings. The smallest absolute Gasteiger partial charge is 0.0737 e. The van der Waals surface area contributed by atoms with Gasteiger partial charge in [0.2, 0.25) is 0 Å². The maximum Gasteiger partial charge on any atom is 0.0737 e. The average molecular weight is 629 g/mol. The molecular weight excluding hydrogens is 597 g/mol. The van der Waals surface area contributed by atoms with Gasteiger partial charge in [-0.2, -0.15) is 0 Å². The molecule has 8 bridgehead atoms. The molecule has 4 nitrogen and oxygen atoms in total. The van der Waals surface area contributed by atoms with Crippen molar-refractivity contribution in [3.8, 4) is 44.5 Å². The van der Waals surface area contributed by atoms with Crippen molar-refractivity contribution >= 4 is 46.1 Å². The van der Waals surface area contributed by atoms with E-state index in [9.17, 15) is 0 Å². The fraction of sp³-hybridized carbons (Fsp3) is 0.0222. The predicted octanol–water partition coefficient (Wildman–Crippen LogP) is 11.5. The second-order valence-electron chi connectivity index (χ2n) is 12.4. The normalized spacial score (nSPS) is 12.0. The Morgan fingerprint density at radius 1 is 0.469 bits per heavy atom. The first-order chi connectivity index (χ1) is 24.2. The molecule has 0 saturated carbocycles. The summed E-state index contributed by atoms with van der Waals surface area (Å²) < 4.78 is 2.30. The van der Waals surface area contributed by atoms with Crippen LogP contribution in [-0.4, -0.2) is 20.7 Å². The van der Waals surface area contributed by atoms with E-state index in [1.54, 1.807) is 0 Å². The largest absolute Gasteiger partial charge is 0.354 e. The van der Waals surface area contributed by atoms with Gasteiger partial charge in [-0.3, -0.25) is 4.99 Å². The van der Waals surface area contributed by atoms with Crippen LogP contribution in [0.25, 0.3) is 78.7 Å². The van der Waals surface area contributed by atoms with Crippen molar-refractivity contribution in [1.82, 2.24) is 14.5 Å². The van der Waals surface area contributed by atoms with Crippen molar-refractivity contribution in [2.24, 2.45) is 12.0 Å². The van der Waals surface area contributed by atoms with Gasteiger partial charge < -0.3 is 9.55 Å². The SMILES string of the molecule is Cn1c2ccc1c(-c1ccccc1)c1nc(c(-c3ccccc3)c3ccc([nH]3)c(-c3ccccc3)c3cc(c2-c2ccccc2)C=N3)C=C1. The molecule has 0 atom stereocenters. The van der Waals surface area contributed by atoms with E-state index >= 15 is 0 Å². The second kappa shape index (κ2) is 11.9. The molecule has 4 aromatic carbocycles. The summed E-state index contributed by atoms with van der Waals surface area (Å²) in [7, 11) is 2.16.